The third kappa shape index (κ3) is 3.39. The Bertz CT molecular complexity index is 1120. The number of anilines is 2. The van der Waals surface area contributed by atoms with Crippen molar-refractivity contribution in [1.29, 1.82) is 0 Å². The van der Waals surface area contributed by atoms with Gasteiger partial charge in [-0.3, -0.25) is 0 Å². The molecule has 0 amide bonds. The molecule has 124 valence electrons. The van der Waals surface area contributed by atoms with Crippen molar-refractivity contribution in [1.82, 2.24) is 4.98 Å². The van der Waals surface area contributed by atoms with Crippen molar-refractivity contribution in [3.05, 3.63) is 74.4 Å². The minimum Gasteiger partial charge on any atom is -0.422 e. The van der Waals surface area contributed by atoms with Crippen LogP contribution in [0.15, 0.2) is 63.1 Å². The fraction of sp³-hybridized carbons (Fsp3) is 0. The first-order valence-corrected chi connectivity index (χ1v) is 8.94. The van der Waals surface area contributed by atoms with Gasteiger partial charge in [-0.2, -0.15) is 0 Å². The Morgan fingerprint density at radius 2 is 1.76 bits per heavy atom. The zero-order valence-corrected chi connectivity index (χ0v) is 15.0. The average Bonchev–Trinajstić information content (AvgIpc) is 3.05. The smallest absolute Gasteiger partial charge is 0.345 e. The zero-order chi connectivity index (χ0) is 17.4. The summed E-state index contributed by atoms with van der Waals surface area (Å²) in [6.45, 7) is 0. The molecule has 0 aliphatic rings. The minimum absolute atomic E-state index is 0.398. The lowest BCUT2D eigenvalue weighted by Gasteiger charge is -2.02. The summed E-state index contributed by atoms with van der Waals surface area (Å²) in [5, 5.41) is 7.65. The van der Waals surface area contributed by atoms with Crippen molar-refractivity contribution in [2.45, 2.75) is 0 Å². The molecule has 4 rings (SSSR count). The molecule has 0 spiro atoms. The largest absolute Gasteiger partial charge is 0.422 e. The number of hydrogen-bond donors (Lipinski definition) is 1. The molecule has 0 atom stereocenters. The van der Waals surface area contributed by atoms with Crippen LogP contribution in [0.25, 0.3) is 22.2 Å². The summed E-state index contributed by atoms with van der Waals surface area (Å²) in [6.07, 6.45) is 0. The molecule has 0 saturated carbocycles. The van der Waals surface area contributed by atoms with E-state index in [1.807, 2.05) is 12.1 Å². The molecule has 7 heteroatoms. The maximum Gasteiger partial charge on any atom is 0.345 e. The highest BCUT2D eigenvalue weighted by Crippen LogP contribution is 2.28. The van der Waals surface area contributed by atoms with E-state index < -0.39 is 5.63 Å². The molecule has 2 aromatic heterocycles. The quantitative estimate of drug-likeness (QED) is 0.439. The summed E-state index contributed by atoms with van der Waals surface area (Å²) in [6, 6.07) is 14.2. The minimum atomic E-state index is -0.432. The second-order valence-electron chi connectivity index (χ2n) is 5.30. The Hall–Kier alpha value is -2.34. The van der Waals surface area contributed by atoms with Crippen LogP contribution in [0.2, 0.25) is 10.0 Å². The van der Waals surface area contributed by atoms with Gasteiger partial charge < -0.3 is 9.73 Å². The molecule has 0 saturated heterocycles. The lowest BCUT2D eigenvalue weighted by molar-refractivity contribution is 0.563. The summed E-state index contributed by atoms with van der Waals surface area (Å²) in [5.74, 6) is 0. The van der Waals surface area contributed by atoms with Gasteiger partial charge in [0.2, 0.25) is 0 Å². The SMILES string of the molecule is O=c1oc2ccc(Cl)cc2cc1-c1csc(Nc2ccc(Cl)cc2)n1. The van der Waals surface area contributed by atoms with E-state index >= 15 is 0 Å². The molecule has 0 bridgehead atoms. The van der Waals surface area contributed by atoms with E-state index in [2.05, 4.69) is 10.3 Å². The molecular weight excluding hydrogens is 379 g/mol. The van der Waals surface area contributed by atoms with Gasteiger partial charge in [-0.15, -0.1) is 11.3 Å². The van der Waals surface area contributed by atoms with E-state index in [-0.39, 0.29) is 0 Å². The predicted molar refractivity (Wildman–Crippen MR) is 103 cm³/mol. The molecule has 2 heterocycles. The van der Waals surface area contributed by atoms with E-state index in [1.54, 1.807) is 41.8 Å². The van der Waals surface area contributed by atoms with Crippen molar-refractivity contribution >= 4 is 56.3 Å². The summed E-state index contributed by atoms with van der Waals surface area (Å²) in [5.41, 5.74) is 1.88. The van der Waals surface area contributed by atoms with Gasteiger partial charge in [0.1, 0.15) is 5.58 Å². The Morgan fingerprint density at radius 1 is 1.00 bits per heavy atom. The maximum absolute atomic E-state index is 12.3. The molecule has 0 aliphatic heterocycles. The summed E-state index contributed by atoms with van der Waals surface area (Å²) in [4.78, 5) is 16.7. The lowest BCUT2D eigenvalue weighted by Crippen LogP contribution is -2.03. The van der Waals surface area contributed by atoms with Crippen molar-refractivity contribution in [2.75, 3.05) is 5.32 Å². The topological polar surface area (TPSA) is 55.1 Å². The van der Waals surface area contributed by atoms with E-state index in [0.717, 1.165) is 11.1 Å². The zero-order valence-electron chi connectivity index (χ0n) is 12.6. The molecule has 0 unspecified atom stereocenters. The number of aromatic nitrogens is 1. The van der Waals surface area contributed by atoms with Crippen LogP contribution in [0.4, 0.5) is 10.8 Å². The third-order valence-electron chi connectivity index (χ3n) is 3.57. The molecule has 4 nitrogen and oxygen atoms in total. The van der Waals surface area contributed by atoms with Gasteiger partial charge in [0.25, 0.3) is 0 Å². The van der Waals surface area contributed by atoms with Crippen molar-refractivity contribution in [2.24, 2.45) is 0 Å². The van der Waals surface area contributed by atoms with Gasteiger partial charge in [0.15, 0.2) is 5.13 Å². The number of fused-ring (bicyclic) bond motifs is 1. The average molecular weight is 389 g/mol. The molecule has 0 radical (unpaired) electrons. The number of thiazole rings is 1. The van der Waals surface area contributed by atoms with E-state index in [4.69, 9.17) is 27.6 Å². The van der Waals surface area contributed by atoms with Crippen molar-refractivity contribution in [3.63, 3.8) is 0 Å². The van der Waals surface area contributed by atoms with Crippen LogP contribution in [0.1, 0.15) is 0 Å². The van der Waals surface area contributed by atoms with Gasteiger partial charge in [0, 0.05) is 26.5 Å². The van der Waals surface area contributed by atoms with Gasteiger partial charge in [-0.1, -0.05) is 23.2 Å². The highest BCUT2D eigenvalue weighted by Gasteiger charge is 2.12. The number of hydrogen-bond acceptors (Lipinski definition) is 5. The third-order valence-corrected chi connectivity index (χ3v) is 4.81. The number of rotatable bonds is 3. The second-order valence-corrected chi connectivity index (χ2v) is 7.03. The Morgan fingerprint density at radius 3 is 2.56 bits per heavy atom. The van der Waals surface area contributed by atoms with E-state index in [0.29, 0.717) is 32.0 Å². The molecule has 4 aromatic rings. The summed E-state index contributed by atoms with van der Waals surface area (Å²) in [7, 11) is 0. The molecule has 1 N–H and O–H groups in total. The fourth-order valence-electron chi connectivity index (χ4n) is 2.38. The highest BCUT2D eigenvalue weighted by atomic mass is 35.5. The van der Waals surface area contributed by atoms with Gasteiger partial charge in [-0.05, 0) is 48.5 Å². The lowest BCUT2D eigenvalue weighted by atomic mass is 10.1. The predicted octanol–water partition coefficient (Wildman–Crippen LogP) is 5.97. The van der Waals surface area contributed by atoms with E-state index in [9.17, 15) is 4.79 Å². The Balaban J connectivity index is 1.69. The first kappa shape index (κ1) is 16.1. The maximum atomic E-state index is 12.3. The Labute approximate surface area is 156 Å². The molecule has 0 aliphatic carbocycles. The first-order chi connectivity index (χ1) is 12.1. The second kappa shape index (κ2) is 6.52. The van der Waals surface area contributed by atoms with Crippen molar-refractivity contribution < 1.29 is 4.42 Å². The molecule has 2 aromatic carbocycles. The number of nitrogens with zero attached hydrogens (tertiary/aromatic N) is 1. The van der Waals surface area contributed by atoms with Crippen LogP contribution in [-0.4, -0.2) is 4.98 Å². The van der Waals surface area contributed by atoms with Crippen LogP contribution >= 0.6 is 34.5 Å². The molecular formula is C18H10Cl2N2O2S. The van der Waals surface area contributed by atoms with Crippen LogP contribution in [-0.2, 0) is 0 Å². The summed E-state index contributed by atoms with van der Waals surface area (Å²) >= 11 is 13.3. The van der Waals surface area contributed by atoms with Crippen LogP contribution in [0.5, 0.6) is 0 Å². The van der Waals surface area contributed by atoms with Gasteiger partial charge in [-0.25, -0.2) is 9.78 Å². The van der Waals surface area contributed by atoms with Crippen LogP contribution in [0.3, 0.4) is 0 Å². The van der Waals surface area contributed by atoms with E-state index in [1.165, 1.54) is 11.3 Å². The van der Waals surface area contributed by atoms with Crippen LogP contribution in [0, 0.1) is 0 Å². The fourth-order valence-corrected chi connectivity index (χ4v) is 3.42. The molecule has 25 heavy (non-hydrogen) atoms. The van der Waals surface area contributed by atoms with Gasteiger partial charge >= 0.3 is 5.63 Å². The monoisotopic (exact) mass is 388 g/mol. The van der Waals surface area contributed by atoms with Gasteiger partial charge in [0.05, 0.1) is 11.3 Å². The number of benzene rings is 2. The standard InChI is InChI=1S/C18H10Cl2N2O2S/c19-11-1-4-13(5-2-11)21-18-22-15(9-25-18)14-8-10-7-12(20)3-6-16(10)24-17(14)23/h1-9H,(H,21,22). The van der Waals surface area contributed by atoms with Crippen LogP contribution < -0.4 is 10.9 Å². The number of nitrogens with one attached hydrogen (secondary N) is 1. The summed E-state index contributed by atoms with van der Waals surface area (Å²) < 4.78 is 5.36. The Kier molecular flexibility index (Phi) is 4.21. The molecule has 0 fully saturated rings. The first-order valence-electron chi connectivity index (χ1n) is 7.30. The highest BCUT2D eigenvalue weighted by molar-refractivity contribution is 7.14. The number of halogens is 2. The normalized spacial score (nSPS) is 11.0. The van der Waals surface area contributed by atoms with Crippen molar-refractivity contribution in [3.8, 4) is 11.3 Å².